The first-order valence-corrected chi connectivity index (χ1v) is 6.65. The minimum absolute atomic E-state index is 0.348. The summed E-state index contributed by atoms with van der Waals surface area (Å²) in [7, 11) is 0. The molecule has 1 aliphatic rings. The fourth-order valence-electron chi connectivity index (χ4n) is 2.34. The second-order valence-electron chi connectivity index (χ2n) is 4.52. The zero-order valence-corrected chi connectivity index (χ0v) is 11.7. The van der Waals surface area contributed by atoms with Gasteiger partial charge >= 0.3 is 0 Å². The lowest BCUT2D eigenvalue weighted by Gasteiger charge is -2.37. The van der Waals surface area contributed by atoms with Gasteiger partial charge in [-0.3, -0.25) is 0 Å². The van der Waals surface area contributed by atoms with Crippen molar-refractivity contribution in [3.05, 3.63) is 23.4 Å². The molecule has 98 valence electrons. The summed E-state index contributed by atoms with van der Waals surface area (Å²) in [5.41, 5.74) is 7.82. The highest BCUT2D eigenvalue weighted by Crippen LogP contribution is 2.25. The third-order valence-electron chi connectivity index (χ3n) is 3.36. The van der Waals surface area contributed by atoms with Gasteiger partial charge in [0.25, 0.3) is 0 Å². The number of anilines is 1. The summed E-state index contributed by atoms with van der Waals surface area (Å²) in [4.78, 5) is 7.17. The molecule has 0 aliphatic carbocycles. The van der Waals surface area contributed by atoms with E-state index in [1.54, 1.807) is 0 Å². The van der Waals surface area contributed by atoms with Crippen LogP contribution in [0.15, 0.2) is 12.3 Å². The van der Waals surface area contributed by atoms with Crippen LogP contribution in [0.3, 0.4) is 0 Å². The van der Waals surface area contributed by atoms with Crippen molar-refractivity contribution >= 4 is 23.0 Å². The molecular formula is C13H19N3OS. The van der Waals surface area contributed by atoms with Crippen LogP contribution >= 0.6 is 12.2 Å². The Morgan fingerprint density at radius 2 is 2.44 bits per heavy atom. The molecule has 0 saturated carbocycles. The summed E-state index contributed by atoms with van der Waals surface area (Å²) in [5.74, 6) is 0.901. The fraction of sp³-hybridized carbons (Fsp3) is 0.538. The van der Waals surface area contributed by atoms with Crippen LogP contribution in [0.25, 0.3) is 0 Å². The molecule has 0 amide bonds. The summed E-state index contributed by atoms with van der Waals surface area (Å²) in [6, 6.07) is 2.29. The topological polar surface area (TPSA) is 51.4 Å². The Hall–Kier alpha value is -1.20. The van der Waals surface area contributed by atoms with E-state index in [4.69, 9.17) is 22.7 Å². The van der Waals surface area contributed by atoms with E-state index < -0.39 is 0 Å². The molecule has 2 rings (SSSR count). The number of nitrogens with zero attached hydrogens (tertiary/aromatic N) is 2. The van der Waals surface area contributed by atoms with Gasteiger partial charge in [-0.05, 0) is 25.0 Å². The number of hydrogen-bond acceptors (Lipinski definition) is 4. The predicted octanol–water partition coefficient (Wildman–Crippen LogP) is 1.64. The quantitative estimate of drug-likeness (QED) is 0.842. The van der Waals surface area contributed by atoms with Crippen molar-refractivity contribution in [2.75, 3.05) is 24.7 Å². The average molecular weight is 265 g/mol. The van der Waals surface area contributed by atoms with Crippen molar-refractivity contribution in [2.45, 2.75) is 26.3 Å². The lowest BCUT2D eigenvalue weighted by molar-refractivity contribution is 0.0925. The molecule has 1 unspecified atom stereocenters. The van der Waals surface area contributed by atoms with Gasteiger partial charge in [-0.2, -0.15) is 0 Å². The monoisotopic (exact) mass is 265 g/mol. The first kappa shape index (κ1) is 13.2. The molecule has 2 N–H and O–H groups in total. The van der Waals surface area contributed by atoms with Crippen molar-refractivity contribution in [1.82, 2.24) is 4.98 Å². The van der Waals surface area contributed by atoms with Gasteiger partial charge in [0, 0.05) is 12.7 Å². The number of ether oxygens (including phenoxy) is 1. The van der Waals surface area contributed by atoms with E-state index in [0.29, 0.717) is 11.0 Å². The molecule has 4 nitrogen and oxygen atoms in total. The second kappa shape index (κ2) is 5.63. The largest absolute Gasteiger partial charge is 0.389 e. The smallest absolute Gasteiger partial charge is 0.139 e. The minimum Gasteiger partial charge on any atom is -0.389 e. The molecule has 0 bridgehead atoms. The summed E-state index contributed by atoms with van der Waals surface area (Å²) < 4.78 is 5.52. The van der Waals surface area contributed by atoms with Gasteiger partial charge in [-0.1, -0.05) is 19.1 Å². The molecule has 1 aliphatic heterocycles. The molecule has 2 heterocycles. The Balaban J connectivity index is 2.42. The Labute approximate surface area is 113 Å². The summed E-state index contributed by atoms with van der Waals surface area (Å²) in [6.45, 7) is 6.47. The number of hydrogen-bond donors (Lipinski definition) is 1. The first-order valence-electron chi connectivity index (χ1n) is 6.25. The number of rotatable bonds is 3. The van der Waals surface area contributed by atoms with Crippen LogP contribution in [-0.4, -0.2) is 35.8 Å². The van der Waals surface area contributed by atoms with Crippen LogP contribution in [-0.2, 0) is 4.74 Å². The minimum atomic E-state index is 0.348. The van der Waals surface area contributed by atoms with Crippen LogP contribution in [0, 0.1) is 6.92 Å². The number of nitrogens with two attached hydrogens (primary N) is 1. The Bertz CT molecular complexity index is 450. The van der Waals surface area contributed by atoms with Crippen LogP contribution in [0.2, 0.25) is 0 Å². The van der Waals surface area contributed by atoms with E-state index in [1.807, 2.05) is 19.2 Å². The Kier molecular flexibility index (Phi) is 4.14. The maximum atomic E-state index is 5.84. The molecule has 5 heteroatoms. The molecule has 1 atom stereocenters. The van der Waals surface area contributed by atoms with Crippen LogP contribution < -0.4 is 10.6 Å². The van der Waals surface area contributed by atoms with E-state index >= 15 is 0 Å². The Morgan fingerprint density at radius 3 is 3.11 bits per heavy atom. The highest BCUT2D eigenvalue weighted by atomic mass is 32.1. The molecular weight excluding hydrogens is 246 g/mol. The normalized spacial score (nSPS) is 19.9. The van der Waals surface area contributed by atoms with E-state index in [1.165, 1.54) is 0 Å². The van der Waals surface area contributed by atoms with Crippen molar-refractivity contribution in [3.63, 3.8) is 0 Å². The zero-order chi connectivity index (χ0) is 13.1. The van der Waals surface area contributed by atoms with E-state index in [0.717, 1.165) is 43.1 Å². The molecule has 1 saturated heterocycles. The van der Waals surface area contributed by atoms with Crippen LogP contribution in [0.1, 0.15) is 24.5 Å². The predicted molar refractivity (Wildman–Crippen MR) is 77.1 cm³/mol. The third-order valence-corrected chi connectivity index (χ3v) is 3.56. The fourth-order valence-corrected chi connectivity index (χ4v) is 2.59. The van der Waals surface area contributed by atoms with Crippen LogP contribution in [0.4, 0.5) is 5.82 Å². The summed E-state index contributed by atoms with van der Waals surface area (Å²) in [5, 5.41) is 0. The highest BCUT2D eigenvalue weighted by Gasteiger charge is 2.25. The number of pyridine rings is 1. The maximum absolute atomic E-state index is 5.84. The van der Waals surface area contributed by atoms with E-state index in [9.17, 15) is 0 Å². The van der Waals surface area contributed by atoms with Crippen molar-refractivity contribution in [3.8, 4) is 0 Å². The summed E-state index contributed by atoms with van der Waals surface area (Å²) in [6.07, 6.45) is 2.83. The van der Waals surface area contributed by atoms with Crippen molar-refractivity contribution < 1.29 is 4.74 Å². The molecule has 0 radical (unpaired) electrons. The van der Waals surface area contributed by atoms with Gasteiger partial charge in [0.05, 0.1) is 24.8 Å². The molecule has 0 spiro atoms. The van der Waals surface area contributed by atoms with Gasteiger partial charge in [-0.25, -0.2) is 4.98 Å². The molecule has 18 heavy (non-hydrogen) atoms. The van der Waals surface area contributed by atoms with Gasteiger partial charge < -0.3 is 15.4 Å². The number of aryl methyl sites for hydroxylation is 1. The summed E-state index contributed by atoms with van der Waals surface area (Å²) >= 11 is 5.16. The zero-order valence-electron chi connectivity index (χ0n) is 10.8. The standard InChI is InChI=1S/C13H19N3OS/c1-3-10-8-17-7-6-16(10)13-11(12(14)18)9(2)4-5-15-13/h4-5,10H,3,6-8H2,1-2H3,(H2,14,18). The number of aromatic nitrogens is 1. The third kappa shape index (κ3) is 2.47. The molecule has 0 aromatic carbocycles. The average Bonchev–Trinajstić information content (AvgIpc) is 2.38. The van der Waals surface area contributed by atoms with Gasteiger partial charge in [0.2, 0.25) is 0 Å². The lowest BCUT2D eigenvalue weighted by Crippen LogP contribution is -2.46. The molecule has 1 aromatic heterocycles. The molecule has 1 fully saturated rings. The number of morpholine rings is 1. The highest BCUT2D eigenvalue weighted by molar-refractivity contribution is 7.80. The lowest BCUT2D eigenvalue weighted by atomic mass is 10.1. The van der Waals surface area contributed by atoms with Crippen LogP contribution in [0.5, 0.6) is 0 Å². The second-order valence-corrected chi connectivity index (χ2v) is 4.96. The number of thiocarbonyl (C=S) groups is 1. The SMILES string of the molecule is CCC1COCCN1c1nccc(C)c1C(N)=S. The van der Waals surface area contributed by atoms with Gasteiger partial charge in [0.15, 0.2) is 0 Å². The Morgan fingerprint density at radius 1 is 1.67 bits per heavy atom. The van der Waals surface area contributed by atoms with Gasteiger partial charge in [-0.15, -0.1) is 0 Å². The van der Waals surface area contributed by atoms with Gasteiger partial charge in [0.1, 0.15) is 10.8 Å². The first-order chi connectivity index (χ1) is 8.65. The van der Waals surface area contributed by atoms with E-state index in [2.05, 4.69) is 16.8 Å². The van der Waals surface area contributed by atoms with Crippen molar-refractivity contribution in [1.29, 1.82) is 0 Å². The van der Waals surface area contributed by atoms with Crippen molar-refractivity contribution in [2.24, 2.45) is 5.73 Å². The maximum Gasteiger partial charge on any atom is 0.139 e. The van der Waals surface area contributed by atoms with E-state index in [-0.39, 0.29) is 0 Å². The molecule has 1 aromatic rings.